The highest BCUT2D eigenvalue weighted by Gasteiger charge is 2.18. The first-order chi connectivity index (χ1) is 7.66. The number of nitrogens with zero attached hydrogens (tertiary/aromatic N) is 1. The third kappa shape index (κ3) is 3.91. The molecule has 1 N–H and O–H groups in total. The van der Waals surface area contributed by atoms with Crippen LogP contribution in [-0.2, 0) is 6.54 Å². The fraction of sp³-hybridized carbons (Fsp3) is 0.500. The minimum atomic E-state index is -0.191. The van der Waals surface area contributed by atoms with Gasteiger partial charge >= 0.3 is 0 Å². The van der Waals surface area contributed by atoms with Gasteiger partial charge in [-0.05, 0) is 24.6 Å². The molecule has 1 saturated heterocycles. The molecule has 0 radical (unpaired) electrons. The van der Waals surface area contributed by atoms with Gasteiger partial charge < -0.3 is 5.32 Å². The molecule has 1 aromatic carbocycles. The molecule has 2 nitrogen and oxygen atoms in total. The number of rotatable bonds is 2. The Kier molecular flexibility index (Phi) is 5.86. The van der Waals surface area contributed by atoms with Crippen LogP contribution in [-0.4, -0.2) is 30.6 Å². The molecule has 0 amide bonds. The van der Waals surface area contributed by atoms with Gasteiger partial charge in [-0.1, -0.05) is 22.0 Å². The summed E-state index contributed by atoms with van der Waals surface area (Å²) in [6, 6.07) is 5.44. The van der Waals surface area contributed by atoms with Crippen molar-refractivity contribution in [2.75, 3.05) is 19.6 Å². The number of piperazine rings is 1. The van der Waals surface area contributed by atoms with Crippen molar-refractivity contribution in [2.24, 2.45) is 0 Å². The van der Waals surface area contributed by atoms with Crippen LogP contribution in [0.1, 0.15) is 12.5 Å². The van der Waals surface area contributed by atoms with Crippen LogP contribution in [0, 0.1) is 5.82 Å². The van der Waals surface area contributed by atoms with Crippen LogP contribution < -0.4 is 5.32 Å². The second-order valence-corrected chi connectivity index (χ2v) is 5.11. The van der Waals surface area contributed by atoms with Gasteiger partial charge in [0.2, 0.25) is 0 Å². The highest BCUT2D eigenvalue weighted by molar-refractivity contribution is 9.10. The molecule has 0 unspecified atom stereocenters. The molecule has 0 bridgehead atoms. The van der Waals surface area contributed by atoms with Crippen LogP contribution in [0.3, 0.4) is 0 Å². The van der Waals surface area contributed by atoms with Gasteiger partial charge in [0.05, 0.1) is 0 Å². The normalized spacial score (nSPS) is 21.0. The molecule has 5 heteroatoms. The van der Waals surface area contributed by atoms with Crippen LogP contribution in [0.4, 0.5) is 4.39 Å². The average Bonchev–Trinajstić information content (AvgIpc) is 2.25. The monoisotopic (exact) mass is 322 g/mol. The van der Waals surface area contributed by atoms with Gasteiger partial charge in [-0.25, -0.2) is 4.39 Å². The Morgan fingerprint density at radius 1 is 1.53 bits per heavy atom. The Bertz CT molecular complexity index is 376. The van der Waals surface area contributed by atoms with Gasteiger partial charge in [0.25, 0.3) is 0 Å². The van der Waals surface area contributed by atoms with Gasteiger partial charge in [-0.2, -0.15) is 0 Å². The van der Waals surface area contributed by atoms with Crippen molar-refractivity contribution in [1.82, 2.24) is 10.2 Å². The van der Waals surface area contributed by atoms with E-state index in [-0.39, 0.29) is 18.2 Å². The molecule has 1 aromatic rings. The summed E-state index contributed by atoms with van der Waals surface area (Å²) in [5.74, 6) is -0.191. The Morgan fingerprint density at radius 3 is 2.94 bits per heavy atom. The second-order valence-electron chi connectivity index (χ2n) is 4.26. The largest absolute Gasteiger partial charge is 0.314 e. The molecule has 1 aliphatic heterocycles. The van der Waals surface area contributed by atoms with Gasteiger partial charge in [-0.3, -0.25) is 4.90 Å². The summed E-state index contributed by atoms with van der Waals surface area (Å²) in [4.78, 5) is 2.41. The SMILES string of the molecule is C[C@@H]1CNCCN1Cc1ccc(F)cc1Br.Cl. The van der Waals surface area contributed by atoms with Crippen LogP contribution in [0.2, 0.25) is 0 Å². The highest BCUT2D eigenvalue weighted by Crippen LogP contribution is 2.20. The molecular weight excluding hydrogens is 307 g/mol. The topological polar surface area (TPSA) is 15.3 Å². The van der Waals surface area contributed by atoms with E-state index in [2.05, 4.69) is 33.1 Å². The molecule has 2 rings (SSSR count). The number of halogens is 3. The first kappa shape index (κ1) is 14.9. The molecule has 1 heterocycles. The molecule has 0 aliphatic carbocycles. The van der Waals surface area contributed by atoms with Gasteiger partial charge in [0, 0.05) is 36.7 Å². The maximum Gasteiger partial charge on any atom is 0.124 e. The lowest BCUT2D eigenvalue weighted by Crippen LogP contribution is -2.49. The molecule has 1 atom stereocenters. The Hall–Kier alpha value is -0.160. The van der Waals surface area contributed by atoms with E-state index >= 15 is 0 Å². The van der Waals surface area contributed by atoms with Crippen molar-refractivity contribution >= 4 is 28.3 Å². The van der Waals surface area contributed by atoms with E-state index in [1.54, 1.807) is 0 Å². The third-order valence-corrected chi connectivity index (χ3v) is 3.77. The second kappa shape index (κ2) is 6.69. The van der Waals surface area contributed by atoms with Gasteiger partial charge in [0.15, 0.2) is 0 Å². The molecule has 17 heavy (non-hydrogen) atoms. The first-order valence-corrected chi connectivity index (χ1v) is 6.35. The van der Waals surface area contributed by atoms with Crippen LogP contribution in [0.25, 0.3) is 0 Å². The van der Waals surface area contributed by atoms with E-state index in [9.17, 15) is 4.39 Å². The molecular formula is C12H17BrClFN2. The summed E-state index contributed by atoms with van der Waals surface area (Å²) in [5.41, 5.74) is 1.15. The van der Waals surface area contributed by atoms with Crippen molar-refractivity contribution in [3.8, 4) is 0 Å². The van der Waals surface area contributed by atoms with Crippen LogP contribution in [0.15, 0.2) is 22.7 Å². The predicted octanol–water partition coefficient (Wildman–Crippen LogP) is 2.80. The fourth-order valence-electron chi connectivity index (χ4n) is 1.99. The number of nitrogens with one attached hydrogen (secondary N) is 1. The lowest BCUT2D eigenvalue weighted by atomic mass is 10.1. The number of hydrogen-bond acceptors (Lipinski definition) is 2. The molecule has 1 fully saturated rings. The Labute approximate surface area is 116 Å². The van der Waals surface area contributed by atoms with Gasteiger partial charge in [-0.15, -0.1) is 12.4 Å². The molecule has 96 valence electrons. The maximum atomic E-state index is 12.9. The van der Waals surface area contributed by atoms with Crippen molar-refractivity contribution < 1.29 is 4.39 Å². The van der Waals surface area contributed by atoms with Crippen molar-refractivity contribution in [2.45, 2.75) is 19.5 Å². The highest BCUT2D eigenvalue weighted by atomic mass is 79.9. The number of hydrogen-bond donors (Lipinski definition) is 1. The average molecular weight is 324 g/mol. The summed E-state index contributed by atoms with van der Waals surface area (Å²) in [5, 5.41) is 3.36. The van der Waals surface area contributed by atoms with E-state index in [0.29, 0.717) is 6.04 Å². The standard InChI is InChI=1S/C12H16BrFN2.ClH/c1-9-7-15-4-5-16(9)8-10-2-3-11(14)6-12(10)13;/h2-3,6,9,15H,4-5,7-8H2,1H3;1H/t9-;/m1./s1. The molecule has 0 saturated carbocycles. The van der Waals surface area contributed by atoms with Crippen molar-refractivity contribution in [3.63, 3.8) is 0 Å². The quantitative estimate of drug-likeness (QED) is 0.900. The minimum Gasteiger partial charge on any atom is -0.314 e. The zero-order valence-electron chi connectivity index (χ0n) is 9.75. The molecule has 0 spiro atoms. The van der Waals surface area contributed by atoms with E-state index in [0.717, 1.165) is 36.2 Å². The van der Waals surface area contributed by atoms with Gasteiger partial charge in [0.1, 0.15) is 5.82 Å². The van der Waals surface area contributed by atoms with Crippen molar-refractivity contribution in [3.05, 3.63) is 34.1 Å². The van der Waals surface area contributed by atoms with Crippen molar-refractivity contribution in [1.29, 1.82) is 0 Å². The Morgan fingerprint density at radius 2 is 2.29 bits per heavy atom. The maximum absolute atomic E-state index is 12.9. The van der Waals surface area contributed by atoms with E-state index < -0.39 is 0 Å². The van der Waals surface area contributed by atoms with Crippen LogP contribution >= 0.6 is 28.3 Å². The summed E-state index contributed by atoms with van der Waals surface area (Å²) < 4.78 is 13.8. The fourth-order valence-corrected chi connectivity index (χ4v) is 2.46. The zero-order valence-corrected chi connectivity index (χ0v) is 12.2. The lowest BCUT2D eigenvalue weighted by Gasteiger charge is -2.34. The van der Waals surface area contributed by atoms with Crippen LogP contribution in [0.5, 0.6) is 0 Å². The summed E-state index contributed by atoms with van der Waals surface area (Å²) in [6.45, 7) is 6.19. The summed E-state index contributed by atoms with van der Waals surface area (Å²) in [6.07, 6.45) is 0. The van der Waals surface area contributed by atoms with E-state index in [1.165, 1.54) is 12.1 Å². The minimum absolute atomic E-state index is 0. The molecule has 1 aliphatic rings. The smallest absolute Gasteiger partial charge is 0.124 e. The lowest BCUT2D eigenvalue weighted by molar-refractivity contribution is 0.165. The Balaban J connectivity index is 0.00000144. The summed E-state index contributed by atoms with van der Waals surface area (Å²) in [7, 11) is 0. The molecule has 0 aromatic heterocycles. The third-order valence-electron chi connectivity index (χ3n) is 3.03. The zero-order chi connectivity index (χ0) is 11.5. The number of benzene rings is 1. The first-order valence-electron chi connectivity index (χ1n) is 5.55. The van der Waals surface area contributed by atoms with E-state index in [1.807, 2.05) is 6.07 Å². The predicted molar refractivity (Wildman–Crippen MR) is 74.1 cm³/mol. The summed E-state index contributed by atoms with van der Waals surface area (Å²) >= 11 is 3.41. The van der Waals surface area contributed by atoms with E-state index in [4.69, 9.17) is 0 Å².